The first-order valence-electron chi connectivity index (χ1n) is 7.61. The standard InChI is InChI=1S/C15H25N3O3/c1-10(2)14-17-12(18-21-14)5-7-16-13(19)11-6-8-20-15(3,4)9-11/h10-11H,5-9H2,1-4H3,(H,16,19). The Morgan fingerprint density at radius 3 is 2.86 bits per heavy atom. The second kappa shape index (κ2) is 6.56. The topological polar surface area (TPSA) is 77.2 Å². The van der Waals surface area contributed by atoms with Gasteiger partial charge in [-0.1, -0.05) is 19.0 Å². The first-order chi connectivity index (χ1) is 9.87. The van der Waals surface area contributed by atoms with Crippen LogP contribution in [0.4, 0.5) is 0 Å². The van der Waals surface area contributed by atoms with Crippen LogP contribution in [0.5, 0.6) is 0 Å². The maximum absolute atomic E-state index is 12.2. The van der Waals surface area contributed by atoms with E-state index in [1.54, 1.807) is 0 Å². The van der Waals surface area contributed by atoms with Crippen LogP contribution in [0.1, 0.15) is 58.2 Å². The summed E-state index contributed by atoms with van der Waals surface area (Å²) < 4.78 is 10.8. The minimum atomic E-state index is -0.208. The van der Waals surface area contributed by atoms with Gasteiger partial charge in [-0.25, -0.2) is 0 Å². The van der Waals surface area contributed by atoms with Crippen molar-refractivity contribution in [2.45, 2.75) is 58.5 Å². The summed E-state index contributed by atoms with van der Waals surface area (Å²) in [7, 11) is 0. The van der Waals surface area contributed by atoms with Gasteiger partial charge in [-0.3, -0.25) is 4.79 Å². The molecule has 1 N–H and O–H groups in total. The number of nitrogens with one attached hydrogen (secondary N) is 1. The van der Waals surface area contributed by atoms with E-state index >= 15 is 0 Å². The van der Waals surface area contributed by atoms with Gasteiger partial charge in [-0.2, -0.15) is 4.98 Å². The lowest BCUT2D eigenvalue weighted by atomic mass is 9.88. The minimum absolute atomic E-state index is 0.0326. The molecule has 2 rings (SSSR count). The van der Waals surface area contributed by atoms with Gasteiger partial charge >= 0.3 is 0 Å². The summed E-state index contributed by atoms with van der Waals surface area (Å²) in [6, 6.07) is 0. The number of aromatic nitrogens is 2. The first kappa shape index (κ1) is 15.9. The number of amides is 1. The molecule has 1 aromatic heterocycles. The Balaban J connectivity index is 1.76. The zero-order chi connectivity index (χ0) is 15.5. The van der Waals surface area contributed by atoms with E-state index in [0.717, 1.165) is 12.8 Å². The van der Waals surface area contributed by atoms with Crippen LogP contribution in [-0.2, 0) is 16.0 Å². The van der Waals surface area contributed by atoms with E-state index in [1.165, 1.54) is 0 Å². The molecule has 6 heteroatoms. The van der Waals surface area contributed by atoms with E-state index in [4.69, 9.17) is 9.26 Å². The van der Waals surface area contributed by atoms with Gasteiger partial charge in [0.1, 0.15) is 0 Å². The lowest BCUT2D eigenvalue weighted by Crippen LogP contribution is -2.41. The SMILES string of the molecule is CC(C)c1nc(CCNC(=O)C2CCOC(C)(C)C2)no1. The quantitative estimate of drug-likeness (QED) is 0.899. The number of hydrogen-bond donors (Lipinski definition) is 1. The molecule has 0 radical (unpaired) electrons. The summed E-state index contributed by atoms with van der Waals surface area (Å²) in [4.78, 5) is 16.5. The molecule has 1 amide bonds. The van der Waals surface area contributed by atoms with Crippen molar-refractivity contribution >= 4 is 5.91 Å². The molecule has 0 aliphatic carbocycles. The largest absolute Gasteiger partial charge is 0.376 e. The van der Waals surface area contributed by atoms with Crippen LogP contribution >= 0.6 is 0 Å². The maximum Gasteiger partial charge on any atom is 0.229 e. The van der Waals surface area contributed by atoms with Gasteiger partial charge in [0.15, 0.2) is 5.82 Å². The Labute approximate surface area is 125 Å². The molecular weight excluding hydrogens is 270 g/mol. The third kappa shape index (κ3) is 4.52. The maximum atomic E-state index is 12.2. The van der Waals surface area contributed by atoms with Crippen molar-refractivity contribution in [1.29, 1.82) is 0 Å². The van der Waals surface area contributed by atoms with Crippen molar-refractivity contribution in [1.82, 2.24) is 15.5 Å². The van der Waals surface area contributed by atoms with Crippen LogP contribution in [0.2, 0.25) is 0 Å². The fourth-order valence-electron chi connectivity index (χ4n) is 2.50. The zero-order valence-electron chi connectivity index (χ0n) is 13.3. The Morgan fingerprint density at radius 2 is 2.24 bits per heavy atom. The van der Waals surface area contributed by atoms with Gasteiger partial charge < -0.3 is 14.6 Å². The third-order valence-corrected chi connectivity index (χ3v) is 3.69. The first-order valence-corrected chi connectivity index (χ1v) is 7.61. The van der Waals surface area contributed by atoms with E-state index in [9.17, 15) is 4.79 Å². The van der Waals surface area contributed by atoms with Gasteiger partial charge in [0.2, 0.25) is 11.8 Å². The lowest BCUT2D eigenvalue weighted by molar-refractivity contribution is -0.135. The summed E-state index contributed by atoms with van der Waals surface area (Å²) in [5, 5.41) is 6.87. The normalized spacial score (nSPS) is 21.5. The molecule has 1 fully saturated rings. The van der Waals surface area contributed by atoms with Crippen LogP contribution in [0.25, 0.3) is 0 Å². The summed E-state index contributed by atoms with van der Waals surface area (Å²) >= 11 is 0. The highest BCUT2D eigenvalue weighted by Gasteiger charge is 2.32. The molecule has 0 aromatic carbocycles. The van der Waals surface area contributed by atoms with Gasteiger partial charge in [0.25, 0.3) is 0 Å². The third-order valence-electron chi connectivity index (χ3n) is 3.69. The molecule has 2 heterocycles. The fraction of sp³-hybridized carbons (Fsp3) is 0.800. The van der Waals surface area contributed by atoms with Crippen molar-refractivity contribution in [2.75, 3.05) is 13.2 Å². The number of hydrogen-bond acceptors (Lipinski definition) is 5. The predicted molar refractivity (Wildman–Crippen MR) is 77.9 cm³/mol. The molecule has 1 unspecified atom stereocenters. The van der Waals surface area contributed by atoms with Crippen molar-refractivity contribution in [3.05, 3.63) is 11.7 Å². The van der Waals surface area contributed by atoms with E-state index in [1.807, 2.05) is 27.7 Å². The second-order valence-corrected chi connectivity index (χ2v) is 6.54. The molecule has 0 spiro atoms. The van der Waals surface area contributed by atoms with Gasteiger partial charge in [-0.05, 0) is 26.7 Å². The van der Waals surface area contributed by atoms with Gasteiger partial charge in [0, 0.05) is 31.4 Å². The van der Waals surface area contributed by atoms with Gasteiger partial charge in [0.05, 0.1) is 5.60 Å². The number of carbonyl (C=O) groups excluding carboxylic acids is 1. The second-order valence-electron chi connectivity index (χ2n) is 6.54. The summed E-state index contributed by atoms with van der Waals surface area (Å²) in [6.45, 7) is 9.25. The Bertz CT molecular complexity index is 482. The highest BCUT2D eigenvalue weighted by atomic mass is 16.5. The number of carbonyl (C=O) groups is 1. The molecule has 21 heavy (non-hydrogen) atoms. The molecule has 1 aliphatic rings. The molecule has 1 aliphatic heterocycles. The van der Waals surface area contributed by atoms with Crippen LogP contribution in [0.15, 0.2) is 4.52 Å². The van der Waals surface area contributed by atoms with Crippen LogP contribution in [0.3, 0.4) is 0 Å². The lowest BCUT2D eigenvalue weighted by Gasteiger charge is -2.34. The number of nitrogens with zero attached hydrogens (tertiary/aromatic N) is 2. The van der Waals surface area contributed by atoms with Crippen molar-refractivity contribution in [3.63, 3.8) is 0 Å². The summed E-state index contributed by atoms with van der Waals surface area (Å²) in [5.41, 5.74) is -0.208. The average molecular weight is 295 g/mol. The van der Waals surface area contributed by atoms with E-state index < -0.39 is 0 Å². The molecule has 0 bridgehead atoms. The monoisotopic (exact) mass is 295 g/mol. The van der Waals surface area contributed by atoms with Crippen LogP contribution in [0, 0.1) is 5.92 Å². The van der Waals surface area contributed by atoms with E-state index in [0.29, 0.717) is 31.3 Å². The fourth-order valence-corrected chi connectivity index (χ4v) is 2.50. The molecular formula is C15H25N3O3. The van der Waals surface area contributed by atoms with Crippen LogP contribution in [-0.4, -0.2) is 34.8 Å². The summed E-state index contributed by atoms with van der Waals surface area (Å²) in [5.74, 6) is 1.64. The highest BCUT2D eigenvalue weighted by molar-refractivity contribution is 5.78. The molecule has 118 valence electrons. The molecule has 1 saturated heterocycles. The van der Waals surface area contributed by atoms with E-state index in [-0.39, 0.29) is 23.3 Å². The highest BCUT2D eigenvalue weighted by Crippen LogP contribution is 2.28. The number of ether oxygens (including phenoxy) is 1. The minimum Gasteiger partial charge on any atom is -0.376 e. The predicted octanol–water partition coefficient (Wildman–Crippen LogP) is 2.06. The van der Waals surface area contributed by atoms with Crippen molar-refractivity contribution in [2.24, 2.45) is 5.92 Å². The van der Waals surface area contributed by atoms with E-state index in [2.05, 4.69) is 15.5 Å². The molecule has 6 nitrogen and oxygen atoms in total. The zero-order valence-corrected chi connectivity index (χ0v) is 13.3. The molecule has 1 atom stereocenters. The van der Waals surface area contributed by atoms with Crippen molar-refractivity contribution in [3.8, 4) is 0 Å². The van der Waals surface area contributed by atoms with Crippen LogP contribution < -0.4 is 5.32 Å². The molecule has 0 saturated carbocycles. The Morgan fingerprint density at radius 1 is 1.48 bits per heavy atom. The summed E-state index contributed by atoms with van der Waals surface area (Å²) in [6.07, 6.45) is 2.14. The van der Waals surface area contributed by atoms with Gasteiger partial charge in [-0.15, -0.1) is 0 Å². The smallest absolute Gasteiger partial charge is 0.229 e. The number of rotatable bonds is 5. The Kier molecular flexibility index (Phi) is 4.98. The average Bonchev–Trinajstić information content (AvgIpc) is 2.86. The Hall–Kier alpha value is -1.43. The molecule has 1 aromatic rings. The van der Waals surface area contributed by atoms with Crippen molar-refractivity contribution < 1.29 is 14.1 Å².